The highest BCUT2D eigenvalue weighted by Crippen LogP contribution is 2.11. The van der Waals surface area contributed by atoms with Crippen LogP contribution in [0.15, 0.2) is 36.4 Å². The highest BCUT2D eigenvalue weighted by molar-refractivity contribution is 5.81. The molecule has 2 aromatic rings. The van der Waals surface area contributed by atoms with Gasteiger partial charge in [0.15, 0.2) is 0 Å². The van der Waals surface area contributed by atoms with E-state index in [1.54, 1.807) is 0 Å². The fourth-order valence-corrected chi connectivity index (χ4v) is 1.96. The third kappa shape index (κ3) is 3.78. The van der Waals surface area contributed by atoms with E-state index in [1.807, 2.05) is 44.2 Å². The van der Waals surface area contributed by atoms with E-state index in [4.69, 9.17) is 0 Å². The Kier molecular flexibility index (Phi) is 5.07. The molecule has 1 atom stereocenters. The molecule has 0 saturated carbocycles. The smallest absolute Gasteiger partial charge is 0.236 e. The number of carbonyl (C=O) groups excluding carboxylic acids is 1. The van der Waals surface area contributed by atoms with Crippen molar-refractivity contribution >= 4 is 16.8 Å². The van der Waals surface area contributed by atoms with Crippen molar-refractivity contribution in [3.8, 4) is 0 Å². The summed E-state index contributed by atoms with van der Waals surface area (Å²) < 4.78 is 0. The lowest BCUT2D eigenvalue weighted by Crippen LogP contribution is -2.42. The minimum absolute atomic E-state index is 0.0349. The Balaban J connectivity index is 1.93. The molecule has 106 valence electrons. The molecule has 1 heterocycles. The van der Waals surface area contributed by atoms with Gasteiger partial charge in [0, 0.05) is 18.5 Å². The summed E-state index contributed by atoms with van der Waals surface area (Å²) in [4.78, 5) is 16.3. The molecule has 2 N–H and O–H groups in total. The minimum atomic E-state index is -0.213. The average molecular weight is 271 g/mol. The fourth-order valence-electron chi connectivity index (χ4n) is 1.96. The number of rotatable bonds is 6. The summed E-state index contributed by atoms with van der Waals surface area (Å²) in [6.07, 6.45) is 0.949. The highest BCUT2D eigenvalue weighted by Gasteiger charge is 2.11. The Bertz CT molecular complexity index is 583. The average Bonchev–Trinajstić information content (AvgIpc) is 2.50. The monoisotopic (exact) mass is 271 g/mol. The first-order valence-corrected chi connectivity index (χ1v) is 7.06. The van der Waals surface area contributed by atoms with Crippen LogP contribution in [0.25, 0.3) is 10.9 Å². The highest BCUT2D eigenvalue weighted by atomic mass is 16.2. The molecule has 0 aliphatic carbocycles. The number of benzene rings is 1. The molecule has 20 heavy (non-hydrogen) atoms. The standard InChI is InChI=1S/C16H21N3O/c1-3-10-17-16(20)12(2)18-11-14-9-8-13-6-4-5-7-15(13)19-14/h4-9,12,18H,3,10-11H2,1-2H3,(H,17,20). The molecule has 4 heteroatoms. The van der Waals surface area contributed by atoms with Crippen LogP contribution in [0.3, 0.4) is 0 Å². The number of carbonyl (C=O) groups is 1. The lowest BCUT2D eigenvalue weighted by Gasteiger charge is -2.13. The molecule has 0 aliphatic rings. The van der Waals surface area contributed by atoms with Gasteiger partial charge < -0.3 is 10.6 Å². The maximum absolute atomic E-state index is 11.7. The van der Waals surface area contributed by atoms with Gasteiger partial charge in [-0.2, -0.15) is 0 Å². The maximum atomic E-state index is 11.7. The van der Waals surface area contributed by atoms with Crippen LogP contribution in [0.2, 0.25) is 0 Å². The number of hydrogen-bond acceptors (Lipinski definition) is 3. The van der Waals surface area contributed by atoms with Crippen LogP contribution in [0.1, 0.15) is 26.0 Å². The van der Waals surface area contributed by atoms with Gasteiger partial charge in [0.05, 0.1) is 17.3 Å². The van der Waals surface area contributed by atoms with Crippen molar-refractivity contribution in [1.82, 2.24) is 15.6 Å². The number of para-hydroxylation sites is 1. The molecule has 0 bridgehead atoms. The van der Waals surface area contributed by atoms with E-state index in [0.717, 1.165) is 29.6 Å². The van der Waals surface area contributed by atoms with Crippen LogP contribution >= 0.6 is 0 Å². The number of hydrogen-bond donors (Lipinski definition) is 2. The zero-order chi connectivity index (χ0) is 14.4. The second kappa shape index (κ2) is 7.01. The number of pyridine rings is 1. The van der Waals surface area contributed by atoms with Gasteiger partial charge in [0.2, 0.25) is 5.91 Å². The second-order valence-electron chi connectivity index (χ2n) is 4.89. The zero-order valence-electron chi connectivity index (χ0n) is 12.0. The van der Waals surface area contributed by atoms with Gasteiger partial charge in [-0.1, -0.05) is 31.2 Å². The SMILES string of the molecule is CCCNC(=O)C(C)NCc1ccc2ccccc2n1. The molecular weight excluding hydrogens is 250 g/mol. The van der Waals surface area contributed by atoms with Gasteiger partial charge >= 0.3 is 0 Å². The Hall–Kier alpha value is -1.94. The first kappa shape index (κ1) is 14.5. The van der Waals surface area contributed by atoms with Gasteiger partial charge in [-0.3, -0.25) is 9.78 Å². The van der Waals surface area contributed by atoms with Crippen LogP contribution in [0.5, 0.6) is 0 Å². The van der Waals surface area contributed by atoms with E-state index < -0.39 is 0 Å². The molecule has 1 aromatic heterocycles. The minimum Gasteiger partial charge on any atom is -0.355 e. The Labute approximate surface area is 119 Å². The van der Waals surface area contributed by atoms with Crippen LogP contribution in [-0.2, 0) is 11.3 Å². The molecule has 0 spiro atoms. The Morgan fingerprint density at radius 1 is 1.25 bits per heavy atom. The Morgan fingerprint density at radius 3 is 2.85 bits per heavy atom. The van der Waals surface area contributed by atoms with Crippen LogP contribution in [-0.4, -0.2) is 23.5 Å². The molecule has 0 fully saturated rings. The summed E-state index contributed by atoms with van der Waals surface area (Å²) in [7, 11) is 0. The summed E-state index contributed by atoms with van der Waals surface area (Å²) in [6, 6.07) is 11.9. The lowest BCUT2D eigenvalue weighted by atomic mass is 10.2. The second-order valence-corrected chi connectivity index (χ2v) is 4.89. The molecule has 2 rings (SSSR count). The number of amides is 1. The van der Waals surface area contributed by atoms with Gasteiger partial charge in [0.25, 0.3) is 0 Å². The number of aromatic nitrogens is 1. The van der Waals surface area contributed by atoms with E-state index in [-0.39, 0.29) is 11.9 Å². The first-order chi connectivity index (χ1) is 9.70. The van der Waals surface area contributed by atoms with E-state index >= 15 is 0 Å². The van der Waals surface area contributed by atoms with Gasteiger partial charge in [-0.25, -0.2) is 0 Å². The summed E-state index contributed by atoms with van der Waals surface area (Å²) in [5.41, 5.74) is 1.92. The van der Waals surface area contributed by atoms with E-state index in [2.05, 4.69) is 21.7 Å². The first-order valence-electron chi connectivity index (χ1n) is 7.06. The van der Waals surface area contributed by atoms with Gasteiger partial charge in [0.1, 0.15) is 0 Å². The van der Waals surface area contributed by atoms with E-state index in [9.17, 15) is 4.79 Å². The summed E-state index contributed by atoms with van der Waals surface area (Å²) in [5.74, 6) is 0.0349. The predicted octanol–water partition coefficient (Wildman–Crippen LogP) is 2.24. The summed E-state index contributed by atoms with van der Waals surface area (Å²) in [5, 5.41) is 7.20. The lowest BCUT2D eigenvalue weighted by molar-refractivity contribution is -0.122. The molecule has 4 nitrogen and oxygen atoms in total. The molecule has 1 aromatic carbocycles. The fraction of sp³-hybridized carbons (Fsp3) is 0.375. The van der Waals surface area contributed by atoms with Crippen molar-refractivity contribution < 1.29 is 4.79 Å². The van der Waals surface area contributed by atoms with Crippen LogP contribution in [0, 0.1) is 0 Å². The molecular formula is C16H21N3O. The van der Waals surface area contributed by atoms with E-state index in [0.29, 0.717) is 6.54 Å². The number of nitrogens with zero attached hydrogens (tertiary/aromatic N) is 1. The summed E-state index contributed by atoms with van der Waals surface area (Å²) >= 11 is 0. The van der Waals surface area contributed by atoms with Crippen molar-refractivity contribution in [2.45, 2.75) is 32.9 Å². The van der Waals surface area contributed by atoms with Crippen LogP contribution in [0.4, 0.5) is 0 Å². The number of nitrogens with one attached hydrogen (secondary N) is 2. The van der Waals surface area contributed by atoms with Crippen LogP contribution < -0.4 is 10.6 Å². The zero-order valence-corrected chi connectivity index (χ0v) is 12.0. The normalized spacial score (nSPS) is 12.3. The topological polar surface area (TPSA) is 54.0 Å². The molecule has 0 radical (unpaired) electrons. The molecule has 1 unspecified atom stereocenters. The molecule has 1 amide bonds. The maximum Gasteiger partial charge on any atom is 0.236 e. The quantitative estimate of drug-likeness (QED) is 0.847. The van der Waals surface area contributed by atoms with Crippen molar-refractivity contribution in [2.24, 2.45) is 0 Å². The Morgan fingerprint density at radius 2 is 2.05 bits per heavy atom. The van der Waals surface area contributed by atoms with E-state index in [1.165, 1.54) is 0 Å². The largest absolute Gasteiger partial charge is 0.355 e. The van der Waals surface area contributed by atoms with Gasteiger partial charge in [-0.15, -0.1) is 0 Å². The summed E-state index contributed by atoms with van der Waals surface area (Å²) in [6.45, 7) is 5.22. The third-order valence-electron chi connectivity index (χ3n) is 3.19. The number of fused-ring (bicyclic) bond motifs is 1. The van der Waals surface area contributed by atoms with Crippen molar-refractivity contribution in [2.75, 3.05) is 6.54 Å². The van der Waals surface area contributed by atoms with Gasteiger partial charge in [-0.05, 0) is 25.5 Å². The van der Waals surface area contributed by atoms with Crippen molar-refractivity contribution in [1.29, 1.82) is 0 Å². The predicted molar refractivity (Wildman–Crippen MR) is 81.3 cm³/mol. The third-order valence-corrected chi connectivity index (χ3v) is 3.19. The molecule has 0 aliphatic heterocycles. The van der Waals surface area contributed by atoms with Crippen molar-refractivity contribution in [3.63, 3.8) is 0 Å². The van der Waals surface area contributed by atoms with Crippen molar-refractivity contribution in [3.05, 3.63) is 42.1 Å². The molecule has 0 saturated heterocycles.